The van der Waals surface area contributed by atoms with E-state index in [1.807, 2.05) is 43.5 Å². The van der Waals surface area contributed by atoms with E-state index in [0.717, 1.165) is 22.0 Å². The molecule has 0 radical (unpaired) electrons. The van der Waals surface area contributed by atoms with E-state index in [0.29, 0.717) is 17.9 Å². The van der Waals surface area contributed by atoms with Crippen LogP contribution in [0, 0.1) is 6.92 Å². The lowest BCUT2D eigenvalue weighted by Gasteiger charge is -2.15. The van der Waals surface area contributed by atoms with Crippen molar-refractivity contribution >= 4 is 17.2 Å². The molecule has 0 aliphatic carbocycles. The molecule has 152 valence electrons. The van der Waals surface area contributed by atoms with Gasteiger partial charge in [0.25, 0.3) is 5.91 Å². The van der Waals surface area contributed by atoms with Gasteiger partial charge in [0.15, 0.2) is 0 Å². The van der Waals surface area contributed by atoms with Crippen molar-refractivity contribution in [1.29, 1.82) is 0 Å². The Balaban J connectivity index is 1.33. The van der Waals surface area contributed by atoms with Gasteiger partial charge >= 0.3 is 0 Å². The first-order chi connectivity index (χ1) is 14.6. The molecule has 0 saturated carbocycles. The van der Waals surface area contributed by atoms with Crippen LogP contribution in [0.3, 0.4) is 0 Å². The van der Waals surface area contributed by atoms with Crippen LogP contribution in [-0.2, 0) is 6.61 Å². The normalized spacial score (nSPS) is 11.8. The third-order valence-electron chi connectivity index (χ3n) is 4.59. The predicted molar refractivity (Wildman–Crippen MR) is 115 cm³/mol. The molecular weight excluding hydrogens is 398 g/mol. The summed E-state index contributed by atoms with van der Waals surface area (Å²) < 4.78 is 7.42. The number of nitrogens with zero attached hydrogens (tertiary/aromatic N) is 4. The van der Waals surface area contributed by atoms with Crippen LogP contribution in [0.15, 0.2) is 66.6 Å². The van der Waals surface area contributed by atoms with Crippen molar-refractivity contribution in [1.82, 2.24) is 25.1 Å². The number of amides is 1. The molecule has 0 bridgehead atoms. The van der Waals surface area contributed by atoms with Crippen LogP contribution in [0.25, 0.3) is 5.69 Å². The number of aryl methyl sites for hydroxylation is 1. The smallest absolute Gasteiger partial charge is 0.251 e. The number of thiazole rings is 1. The van der Waals surface area contributed by atoms with Gasteiger partial charge in [0.05, 0.1) is 22.4 Å². The van der Waals surface area contributed by atoms with Crippen molar-refractivity contribution < 1.29 is 9.53 Å². The van der Waals surface area contributed by atoms with Crippen molar-refractivity contribution in [2.75, 3.05) is 0 Å². The summed E-state index contributed by atoms with van der Waals surface area (Å²) in [6.45, 7) is 4.33. The van der Waals surface area contributed by atoms with Crippen molar-refractivity contribution in [3.05, 3.63) is 88.4 Å². The molecule has 0 fully saturated rings. The lowest BCUT2D eigenvalue weighted by atomic mass is 10.1. The first-order valence-electron chi connectivity index (χ1n) is 9.48. The fraction of sp³-hybridized carbons (Fsp3) is 0.182. The Morgan fingerprint density at radius 2 is 1.93 bits per heavy atom. The SMILES string of the molecule is Cc1nc(COc2ccc(C(=O)NC(C)c3ccc(-n4cncn4)cc3)cc2)cs1. The number of ether oxygens (including phenoxy) is 1. The van der Waals surface area contributed by atoms with E-state index in [1.54, 1.807) is 46.6 Å². The summed E-state index contributed by atoms with van der Waals surface area (Å²) in [5.74, 6) is 0.568. The molecule has 4 rings (SSSR count). The van der Waals surface area contributed by atoms with Gasteiger partial charge in [-0.15, -0.1) is 11.3 Å². The molecule has 1 amide bonds. The van der Waals surface area contributed by atoms with Gasteiger partial charge in [0, 0.05) is 10.9 Å². The van der Waals surface area contributed by atoms with Crippen LogP contribution >= 0.6 is 11.3 Å². The van der Waals surface area contributed by atoms with E-state index in [2.05, 4.69) is 20.4 Å². The molecule has 30 heavy (non-hydrogen) atoms. The first-order valence-corrected chi connectivity index (χ1v) is 10.4. The zero-order chi connectivity index (χ0) is 20.9. The molecule has 2 heterocycles. The van der Waals surface area contributed by atoms with Crippen LogP contribution in [-0.4, -0.2) is 25.7 Å². The van der Waals surface area contributed by atoms with Gasteiger partial charge < -0.3 is 10.1 Å². The van der Waals surface area contributed by atoms with Crippen LogP contribution in [0.1, 0.15) is 39.6 Å². The number of hydrogen-bond acceptors (Lipinski definition) is 6. The number of nitrogens with one attached hydrogen (secondary N) is 1. The summed E-state index contributed by atoms with van der Waals surface area (Å²) >= 11 is 1.60. The minimum Gasteiger partial charge on any atom is -0.487 e. The number of rotatable bonds is 7. The van der Waals surface area contributed by atoms with Gasteiger partial charge in [0.2, 0.25) is 0 Å². The van der Waals surface area contributed by atoms with Gasteiger partial charge in [-0.3, -0.25) is 4.79 Å². The fourth-order valence-electron chi connectivity index (χ4n) is 2.95. The summed E-state index contributed by atoms with van der Waals surface area (Å²) in [7, 11) is 0. The Kier molecular flexibility index (Phi) is 5.85. The quantitative estimate of drug-likeness (QED) is 0.488. The molecule has 8 heteroatoms. The van der Waals surface area contributed by atoms with E-state index in [1.165, 1.54) is 6.33 Å². The summed E-state index contributed by atoms with van der Waals surface area (Å²) in [6.07, 6.45) is 3.14. The highest BCUT2D eigenvalue weighted by Crippen LogP contribution is 2.18. The third-order valence-corrected chi connectivity index (χ3v) is 5.42. The molecule has 1 atom stereocenters. The summed E-state index contributed by atoms with van der Waals surface area (Å²) in [4.78, 5) is 20.9. The lowest BCUT2D eigenvalue weighted by Crippen LogP contribution is -2.26. The maximum Gasteiger partial charge on any atom is 0.251 e. The van der Waals surface area contributed by atoms with E-state index in [-0.39, 0.29) is 11.9 Å². The molecular formula is C22H21N5O2S. The zero-order valence-corrected chi connectivity index (χ0v) is 17.5. The monoisotopic (exact) mass is 419 g/mol. The zero-order valence-electron chi connectivity index (χ0n) is 16.6. The molecule has 2 aromatic carbocycles. The average molecular weight is 420 g/mol. The second-order valence-electron chi connectivity index (χ2n) is 6.80. The molecule has 0 aliphatic heterocycles. The molecule has 0 aliphatic rings. The Morgan fingerprint density at radius 3 is 2.57 bits per heavy atom. The van der Waals surface area contributed by atoms with Crippen LogP contribution in [0.4, 0.5) is 0 Å². The van der Waals surface area contributed by atoms with E-state index in [4.69, 9.17) is 4.74 Å². The fourth-order valence-corrected chi connectivity index (χ4v) is 3.55. The maximum atomic E-state index is 12.6. The van der Waals surface area contributed by atoms with E-state index in [9.17, 15) is 4.79 Å². The minimum absolute atomic E-state index is 0.133. The number of carbonyl (C=O) groups is 1. The van der Waals surface area contributed by atoms with Gasteiger partial charge in [0.1, 0.15) is 25.0 Å². The summed E-state index contributed by atoms with van der Waals surface area (Å²) in [6, 6.07) is 14.8. The Labute approximate surface area is 178 Å². The third kappa shape index (κ3) is 4.72. The Hall–Kier alpha value is -3.52. The van der Waals surface area contributed by atoms with Crippen LogP contribution in [0.5, 0.6) is 5.75 Å². The van der Waals surface area contributed by atoms with Crippen molar-refractivity contribution in [3.63, 3.8) is 0 Å². The maximum absolute atomic E-state index is 12.6. The van der Waals surface area contributed by atoms with Gasteiger partial charge in [-0.25, -0.2) is 14.6 Å². The number of aromatic nitrogens is 4. The van der Waals surface area contributed by atoms with Crippen LogP contribution in [0.2, 0.25) is 0 Å². The van der Waals surface area contributed by atoms with Gasteiger partial charge in [-0.1, -0.05) is 12.1 Å². The van der Waals surface area contributed by atoms with Crippen molar-refractivity contribution in [2.45, 2.75) is 26.5 Å². The van der Waals surface area contributed by atoms with Gasteiger partial charge in [-0.05, 0) is 55.8 Å². The molecule has 2 aromatic heterocycles. The summed E-state index contributed by atoms with van der Waals surface area (Å²) in [5, 5.41) is 10.1. The molecule has 1 N–H and O–H groups in total. The molecule has 0 saturated heterocycles. The number of benzene rings is 2. The standard InChI is InChI=1S/C22H21N5O2S/c1-15(17-3-7-20(8-4-17)27-14-23-13-24-27)25-22(28)18-5-9-21(10-6-18)29-11-19-12-30-16(2)26-19/h3-10,12-15H,11H2,1-2H3,(H,25,28). The molecule has 1 unspecified atom stereocenters. The van der Waals surface area contributed by atoms with Crippen LogP contribution < -0.4 is 10.1 Å². The second kappa shape index (κ2) is 8.87. The average Bonchev–Trinajstić information content (AvgIpc) is 3.44. The second-order valence-corrected chi connectivity index (χ2v) is 7.86. The Morgan fingerprint density at radius 1 is 1.17 bits per heavy atom. The van der Waals surface area contributed by atoms with Crippen molar-refractivity contribution in [3.8, 4) is 11.4 Å². The first kappa shape index (κ1) is 19.8. The lowest BCUT2D eigenvalue weighted by molar-refractivity contribution is 0.0940. The topological polar surface area (TPSA) is 81.9 Å². The largest absolute Gasteiger partial charge is 0.487 e. The Bertz CT molecular complexity index is 1110. The number of hydrogen-bond donors (Lipinski definition) is 1. The van der Waals surface area contributed by atoms with E-state index >= 15 is 0 Å². The minimum atomic E-state index is -0.135. The van der Waals surface area contributed by atoms with Crippen molar-refractivity contribution in [2.24, 2.45) is 0 Å². The molecule has 4 aromatic rings. The molecule has 7 nitrogen and oxygen atoms in total. The predicted octanol–water partition coefficient (Wildman–Crippen LogP) is 4.10. The van der Waals surface area contributed by atoms with E-state index < -0.39 is 0 Å². The molecule has 0 spiro atoms. The highest BCUT2D eigenvalue weighted by molar-refractivity contribution is 7.09. The summed E-state index contributed by atoms with van der Waals surface area (Å²) in [5.41, 5.74) is 3.41. The van der Waals surface area contributed by atoms with Gasteiger partial charge in [-0.2, -0.15) is 5.10 Å². The number of carbonyl (C=O) groups excluding carboxylic acids is 1. The highest BCUT2D eigenvalue weighted by atomic mass is 32.1. The highest BCUT2D eigenvalue weighted by Gasteiger charge is 2.12.